The molecule has 13 nitrogen and oxygen atoms in total. The maximum atomic E-state index is 13.3. The van der Waals surface area contributed by atoms with Crippen LogP contribution in [0.2, 0.25) is 0 Å². The first-order chi connectivity index (χ1) is 19.1. The number of carboxylic acids is 1. The molecule has 1 aromatic carbocycles. The van der Waals surface area contributed by atoms with Crippen molar-refractivity contribution in [3.05, 3.63) is 35.9 Å². The van der Waals surface area contributed by atoms with Crippen LogP contribution in [-0.2, 0) is 25.6 Å². The molecule has 0 fully saturated rings. The van der Waals surface area contributed by atoms with Crippen LogP contribution in [0.25, 0.3) is 0 Å². The highest BCUT2D eigenvalue weighted by atomic mass is 32.2. The quantitative estimate of drug-likeness (QED) is 0.0533. The summed E-state index contributed by atoms with van der Waals surface area (Å²) < 4.78 is 0. The number of thioether (sulfide) groups is 1. The third-order valence-electron chi connectivity index (χ3n) is 6.03. The highest BCUT2D eigenvalue weighted by molar-refractivity contribution is 7.98. The number of rotatable bonds is 20. The molecule has 12 N–H and O–H groups in total. The molecule has 4 unspecified atom stereocenters. The summed E-state index contributed by atoms with van der Waals surface area (Å²) in [7, 11) is 0. The van der Waals surface area contributed by atoms with E-state index in [9.17, 15) is 24.3 Å². The van der Waals surface area contributed by atoms with Crippen LogP contribution in [0.4, 0.5) is 0 Å². The third-order valence-corrected chi connectivity index (χ3v) is 6.67. The number of guanidine groups is 1. The molecular weight excluding hydrogens is 536 g/mol. The van der Waals surface area contributed by atoms with Gasteiger partial charge in [0, 0.05) is 13.0 Å². The van der Waals surface area contributed by atoms with Gasteiger partial charge in [0.2, 0.25) is 17.7 Å². The minimum atomic E-state index is -1.19. The van der Waals surface area contributed by atoms with Gasteiger partial charge in [-0.3, -0.25) is 19.4 Å². The second-order valence-corrected chi connectivity index (χ2v) is 10.3. The number of carbonyl (C=O) groups excluding carboxylic acids is 3. The highest BCUT2D eigenvalue weighted by Crippen LogP contribution is 2.08. The van der Waals surface area contributed by atoms with E-state index in [1.807, 2.05) is 12.3 Å². The van der Waals surface area contributed by atoms with Crippen LogP contribution in [-0.4, -0.2) is 84.0 Å². The molecule has 3 amide bonds. The number of nitrogens with one attached hydrogen (secondary N) is 3. The number of nitrogens with two attached hydrogens (primary N) is 4. The van der Waals surface area contributed by atoms with Gasteiger partial charge in [-0.25, -0.2) is 4.79 Å². The zero-order valence-corrected chi connectivity index (χ0v) is 23.8. The van der Waals surface area contributed by atoms with Gasteiger partial charge in [-0.05, 0) is 62.6 Å². The van der Waals surface area contributed by atoms with Crippen molar-refractivity contribution in [1.82, 2.24) is 16.0 Å². The Morgan fingerprint density at radius 3 is 2.05 bits per heavy atom. The number of amides is 3. The van der Waals surface area contributed by atoms with Crippen molar-refractivity contribution in [3.63, 3.8) is 0 Å². The van der Waals surface area contributed by atoms with Crippen LogP contribution in [0.1, 0.15) is 44.1 Å². The lowest BCUT2D eigenvalue weighted by atomic mass is 10.0. The molecule has 1 rings (SSSR count). The summed E-state index contributed by atoms with van der Waals surface area (Å²) in [5.41, 5.74) is 22.9. The average Bonchev–Trinajstić information content (AvgIpc) is 2.92. The Hall–Kier alpha value is -3.36. The maximum Gasteiger partial charge on any atom is 0.326 e. The van der Waals surface area contributed by atoms with Crippen LogP contribution >= 0.6 is 11.8 Å². The molecular formula is C26H44N8O5S. The van der Waals surface area contributed by atoms with Crippen molar-refractivity contribution in [2.45, 2.75) is 69.1 Å². The number of hydrogen-bond acceptors (Lipinski definition) is 8. The minimum Gasteiger partial charge on any atom is -0.480 e. The monoisotopic (exact) mass is 580 g/mol. The maximum absolute atomic E-state index is 13.3. The number of aliphatic imine (C=N–C) groups is 1. The predicted molar refractivity (Wildman–Crippen MR) is 157 cm³/mol. The summed E-state index contributed by atoms with van der Waals surface area (Å²) in [6.07, 6.45) is 4.45. The zero-order valence-electron chi connectivity index (χ0n) is 23.0. The van der Waals surface area contributed by atoms with E-state index >= 15 is 0 Å². The lowest BCUT2D eigenvalue weighted by Gasteiger charge is -2.25. The number of carboxylic acid groups (broad SMARTS) is 1. The van der Waals surface area contributed by atoms with Crippen LogP contribution in [0.3, 0.4) is 0 Å². The van der Waals surface area contributed by atoms with E-state index in [2.05, 4.69) is 20.9 Å². The molecule has 0 heterocycles. The number of hydrogen-bond donors (Lipinski definition) is 8. The van der Waals surface area contributed by atoms with Crippen LogP contribution < -0.4 is 38.9 Å². The topological polar surface area (TPSA) is 241 Å². The van der Waals surface area contributed by atoms with Crippen molar-refractivity contribution in [1.29, 1.82) is 0 Å². The molecule has 0 saturated heterocycles. The van der Waals surface area contributed by atoms with E-state index in [-0.39, 0.29) is 18.8 Å². The molecule has 0 bridgehead atoms. The number of unbranched alkanes of at least 4 members (excludes halogenated alkanes) is 1. The highest BCUT2D eigenvalue weighted by Gasteiger charge is 2.30. The molecule has 14 heteroatoms. The fourth-order valence-corrected chi connectivity index (χ4v) is 4.26. The smallest absolute Gasteiger partial charge is 0.326 e. The second kappa shape index (κ2) is 19.7. The van der Waals surface area contributed by atoms with Crippen LogP contribution in [0, 0.1) is 0 Å². The Bertz CT molecular complexity index is 962. The molecule has 40 heavy (non-hydrogen) atoms. The standard InChI is InChI=1S/C26H44N8O5S/c1-40-15-12-20(32-22(35)18(28)10-7-14-31-26(29)30)24(37)33-19(11-5-6-13-27)23(36)34-21(25(38)39)16-17-8-3-2-4-9-17/h2-4,8-9,18-21H,5-7,10-16,27-28H2,1H3,(H,32,35)(H,33,37)(H,34,36)(H,38,39)(H4,29,30,31). The first-order valence-corrected chi connectivity index (χ1v) is 14.7. The number of carbonyl (C=O) groups is 4. The van der Waals surface area contributed by atoms with Gasteiger partial charge in [0.1, 0.15) is 18.1 Å². The summed E-state index contributed by atoms with van der Waals surface area (Å²) in [4.78, 5) is 54.9. The first kappa shape index (κ1) is 34.7. The van der Waals surface area contributed by atoms with E-state index in [1.165, 1.54) is 11.8 Å². The van der Waals surface area contributed by atoms with Crippen molar-refractivity contribution < 1.29 is 24.3 Å². The molecule has 0 saturated carbocycles. The van der Waals surface area contributed by atoms with Gasteiger partial charge in [-0.2, -0.15) is 11.8 Å². The van der Waals surface area contributed by atoms with Gasteiger partial charge < -0.3 is 44.0 Å². The summed E-state index contributed by atoms with van der Waals surface area (Å²) >= 11 is 1.50. The Labute approximate surface area is 239 Å². The molecule has 0 aliphatic carbocycles. The molecule has 0 aromatic heterocycles. The van der Waals surface area contributed by atoms with Gasteiger partial charge in [0.05, 0.1) is 6.04 Å². The Balaban J connectivity index is 2.93. The van der Waals surface area contributed by atoms with Gasteiger partial charge in [0.25, 0.3) is 0 Å². The lowest BCUT2D eigenvalue weighted by molar-refractivity contribution is -0.142. The molecule has 0 radical (unpaired) electrons. The Morgan fingerprint density at radius 1 is 0.875 bits per heavy atom. The van der Waals surface area contributed by atoms with Gasteiger partial charge >= 0.3 is 5.97 Å². The first-order valence-electron chi connectivity index (χ1n) is 13.3. The van der Waals surface area contributed by atoms with E-state index in [0.29, 0.717) is 50.9 Å². The van der Waals surface area contributed by atoms with E-state index < -0.39 is 47.9 Å². The lowest BCUT2D eigenvalue weighted by Crippen LogP contribution is -2.57. The normalized spacial score (nSPS) is 13.8. The van der Waals surface area contributed by atoms with Crippen molar-refractivity contribution >= 4 is 41.4 Å². The van der Waals surface area contributed by atoms with E-state index in [1.54, 1.807) is 24.3 Å². The van der Waals surface area contributed by atoms with Crippen molar-refractivity contribution in [2.75, 3.05) is 25.1 Å². The van der Waals surface area contributed by atoms with Crippen LogP contribution in [0.5, 0.6) is 0 Å². The fourth-order valence-electron chi connectivity index (χ4n) is 3.79. The Kier molecular flexibility index (Phi) is 17.0. The second-order valence-electron chi connectivity index (χ2n) is 9.33. The number of nitrogens with zero attached hydrogens (tertiary/aromatic N) is 1. The van der Waals surface area contributed by atoms with E-state index in [0.717, 1.165) is 5.56 Å². The van der Waals surface area contributed by atoms with Gasteiger partial charge in [-0.1, -0.05) is 30.3 Å². The summed E-state index contributed by atoms with van der Waals surface area (Å²) in [6, 6.07) is 4.90. The third kappa shape index (κ3) is 14.1. The van der Waals surface area contributed by atoms with Crippen molar-refractivity contribution in [3.8, 4) is 0 Å². The SMILES string of the molecule is CSCCC(NC(=O)C(N)CCCN=C(N)N)C(=O)NC(CCCCN)C(=O)NC(Cc1ccccc1)C(=O)O. The zero-order chi connectivity index (χ0) is 29.9. The minimum absolute atomic E-state index is 0.0494. The predicted octanol–water partition coefficient (Wildman–Crippen LogP) is -0.969. The fraction of sp³-hybridized carbons (Fsp3) is 0.577. The Morgan fingerprint density at radius 2 is 1.48 bits per heavy atom. The summed E-state index contributed by atoms with van der Waals surface area (Å²) in [6.45, 7) is 0.725. The van der Waals surface area contributed by atoms with E-state index in [4.69, 9.17) is 22.9 Å². The molecule has 1 aromatic rings. The molecule has 224 valence electrons. The summed E-state index contributed by atoms with van der Waals surface area (Å²) in [5.74, 6) is -2.36. The number of aliphatic carboxylic acids is 1. The largest absolute Gasteiger partial charge is 0.480 e. The van der Waals surface area contributed by atoms with Crippen LogP contribution in [0.15, 0.2) is 35.3 Å². The molecule has 4 atom stereocenters. The van der Waals surface area contributed by atoms with Gasteiger partial charge in [-0.15, -0.1) is 0 Å². The summed E-state index contributed by atoms with van der Waals surface area (Å²) in [5, 5.41) is 17.6. The van der Waals surface area contributed by atoms with Gasteiger partial charge in [0.15, 0.2) is 5.96 Å². The number of benzene rings is 1. The molecule has 0 aliphatic rings. The molecule has 0 aliphatic heterocycles. The van der Waals surface area contributed by atoms with Crippen molar-refractivity contribution in [2.24, 2.45) is 27.9 Å². The average molecular weight is 581 g/mol. The molecule has 0 spiro atoms.